The molecule has 0 aliphatic carbocycles. The van der Waals surface area contributed by atoms with E-state index in [-0.39, 0.29) is 11.9 Å². The van der Waals surface area contributed by atoms with Crippen molar-refractivity contribution < 1.29 is 4.39 Å². The Hall–Kier alpha value is -0.410. The third-order valence-electron chi connectivity index (χ3n) is 1.81. The maximum atomic E-state index is 13.2. The van der Waals surface area contributed by atoms with Gasteiger partial charge in [0.25, 0.3) is 0 Å². The van der Waals surface area contributed by atoms with Crippen LogP contribution >= 0.6 is 15.9 Å². The van der Waals surface area contributed by atoms with Crippen molar-refractivity contribution in [3.63, 3.8) is 0 Å². The van der Waals surface area contributed by atoms with Crippen LogP contribution in [-0.2, 0) is 0 Å². The van der Waals surface area contributed by atoms with Crippen molar-refractivity contribution in [3.8, 4) is 0 Å². The van der Waals surface area contributed by atoms with Gasteiger partial charge >= 0.3 is 0 Å². The fraction of sp³-hybridized carbons (Fsp3) is 0.333. The molecule has 1 rings (SSSR count). The lowest BCUT2D eigenvalue weighted by molar-refractivity contribution is 0.573. The zero-order chi connectivity index (χ0) is 9.14. The molecule has 2 N–H and O–H groups in total. The van der Waals surface area contributed by atoms with Gasteiger partial charge in [-0.1, -0.05) is 28.9 Å². The summed E-state index contributed by atoms with van der Waals surface area (Å²) in [6.07, 6.45) is 0.736. The molecule has 0 aromatic heterocycles. The summed E-state index contributed by atoms with van der Waals surface area (Å²) < 4.78 is 13.9. The molecule has 1 nitrogen and oxygen atoms in total. The second-order valence-corrected chi connectivity index (χ2v) is 3.50. The number of rotatable bonds is 2. The molecule has 0 saturated heterocycles. The highest BCUT2D eigenvalue weighted by molar-refractivity contribution is 9.10. The van der Waals surface area contributed by atoms with Crippen LogP contribution in [0.4, 0.5) is 4.39 Å². The minimum atomic E-state index is -0.237. The van der Waals surface area contributed by atoms with E-state index in [4.69, 9.17) is 5.73 Å². The van der Waals surface area contributed by atoms with Crippen LogP contribution in [0.1, 0.15) is 24.9 Å². The van der Waals surface area contributed by atoms with Gasteiger partial charge in [-0.2, -0.15) is 0 Å². The van der Waals surface area contributed by atoms with Crippen LogP contribution in [0.2, 0.25) is 0 Å². The predicted octanol–water partition coefficient (Wildman–Crippen LogP) is 3.00. The minimum Gasteiger partial charge on any atom is -0.324 e. The topological polar surface area (TPSA) is 26.0 Å². The van der Waals surface area contributed by atoms with Gasteiger partial charge in [0, 0.05) is 16.1 Å². The van der Waals surface area contributed by atoms with E-state index < -0.39 is 0 Å². The molecule has 1 atom stereocenters. The molecule has 0 aliphatic rings. The van der Waals surface area contributed by atoms with Crippen molar-refractivity contribution in [2.75, 3.05) is 0 Å². The maximum absolute atomic E-state index is 13.2. The molecule has 0 aliphatic heterocycles. The van der Waals surface area contributed by atoms with Crippen LogP contribution in [0.3, 0.4) is 0 Å². The van der Waals surface area contributed by atoms with Gasteiger partial charge in [-0.25, -0.2) is 4.39 Å². The first kappa shape index (κ1) is 9.68. The lowest BCUT2D eigenvalue weighted by atomic mass is 10.1. The number of hydrogen-bond donors (Lipinski definition) is 1. The zero-order valence-corrected chi connectivity index (χ0v) is 8.44. The summed E-state index contributed by atoms with van der Waals surface area (Å²) in [5, 5.41) is 0. The van der Waals surface area contributed by atoms with Crippen LogP contribution in [0.5, 0.6) is 0 Å². The largest absolute Gasteiger partial charge is 0.324 e. The number of nitrogens with two attached hydrogens (primary N) is 1. The average molecular weight is 232 g/mol. The van der Waals surface area contributed by atoms with Crippen LogP contribution in [-0.4, -0.2) is 0 Å². The number of halogens is 2. The molecule has 0 saturated carbocycles. The summed E-state index contributed by atoms with van der Waals surface area (Å²) in [5.74, 6) is -0.237. The van der Waals surface area contributed by atoms with E-state index in [0.717, 1.165) is 10.9 Å². The van der Waals surface area contributed by atoms with Crippen molar-refractivity contribution in [2.24, 2.45) is 5.73 Å². The summed E-state index contributed by atoms with van der Waals surface area (Å²) in [6.45, 7) is 1.93. The van der Waals surface area contributed by atoms with Gasteiger partial charge in [-0.05, 0) is 18.6 Å². The second kappa shape index (κ2) is 4.01. The lowest BCUT2D eigenvalue weighted by Gasteiger charge is -2.11. The molecule has 0 bridgehead atoms. The molecule has 66 valence electrons. The SMILES string of the molecule is CC[C@H](N)c1c(F)cccc1Br. The Morgan fingerprint density at radius 3 is 2.75 bits per heavy atom. The molecule has 0 amide bonds. The minimum absolute atomic E-state index is 0.222. The van der Waals surface area contributed by atoms with Crippen molar-refractivity contribution in [2.45, 2.75) is 19.4 Å². The Labute approximate surface area is 79.9 Å². The first-order chi connectivity index (χ1) is 5.66. The van der Waals surface area contributed by atoms with E-state index in [9.17, 15) is 4.39 Å². The smallest absolute Gasteiger partial charge is 0.129 e. The molecule has 0 unspecified atom stereocenters. The summed E-state index contributed by atoms with van der Waals surface area (Å²) in [6, 6.07) is 4.66. The molecule has 12 heavy (non-hydrogen) atoms. The van der Waals surface area contributed by atoms with Crippen LogP contribution < -0.4 is 5.73 Å². The van der Waals surface area contributed by atoms with Crippen molar-refractivity contribution in [1.82, 2.24) is 0 Å². The highest BCUT2D eigenvalue weighted by Gasteiger charge is 2.12. The molecule has 1 aromatic carbocycles. The van der Waals surface area contributed by atoms with Crippen LogP contribution in [0.15, 0.2) is 22.7 Å². The summed E-state index contributed by atoms with van der Waals surface area (Å²) >= 11 is 3.27. The predicted molar refractivity (Wildman–Crippen MR) is 51.3 cm³/mol. The number of hydrogen-bond acceptors (Lipinski definition) is 1. The van der Waals surface area contributed by atoms with Gasteiger partial charge in [0.2, 0.25) is 0 Å². The third kappa shape index (κ3) is 1.84. The van der Waals surface area contributed by atoms with E-state index in [0.29, 0.717) is 5.56 Å². The standard InChI is InChI=1S/C9H11BrFN/c1-2-8(12)9-6(10)4-3-5-7(9)11/h3-5,8H,2,12H2,1H3/t8-/m0/s1. The Morgan fingerprint density at radius 2 is 2.25 bits per heavy atom. The highest BCUT2D eigenvalue weighted by atomic mass is 79.9. The third-order valence-corrected chi connectivity index (χ3v) is 2.50. The van der Waals surface area contributed by atoms with Gasteiger partial charge in [-0.15, -0.1) is 0 Å². The Morgan fingerprint density at radius 1 is 1.58 bits per heavy atom. The Bertz CT molecular complexity index is 255. The normalized spacial score (nSPS) is 13.0. The fourth-order valence-corrected chi connectivity index (χ4v) is 1.71. The summed E-state index contributed by atoms with van der Waals surface area (Å²) in [4.78, 5) is 0. The molecule has 0 fully saturated rings. The van der Waals surface area contributed by atoms with E-state index in [1.165, 1.54) is 6.07 Å². The van der Waals surface area contributed by atoms with Crippen LogP contribution in [0, 0.1) is 5.82 Å². The molecule has 3 heteroatoms. The van der Waals surface area contributed by atoms with Crippen molar-refractivity contribution in [3.05, 3.63) is 34.1 Å². The molecule has 1 aromatic rings. The molecular formula is C9H11BrFN. The van der Waals surface area contributed by atoms with Crippen molar-refractivity contribution in [1.29, 1.82) is 0 Å². The number of benzene rings is 1. The quantitative estimate of drug-likeness (QED) is 0.833. The average Bonchev–Trinajstić information content (AvgIpc) is 2.03. The molecule has 0 radical (unpaired) electrons. The maximum Gasteiger partial charge on any atom is 0.129 e. The van der Waals surface area contributed by atoms with Crippen LogP contribution in [0.25, 0.3) is 0 Å². The van der Waals surface area contributed by atoms with Gasteiger partial charge in [0.15, 0.2) is 0 Å². The summed E-state index contributed by atoms with van der Waals surface area (Å²) in [5.41, 5.74) is 6.30. The van der Waals surface area contributed by atoms with E-state index in [1.54, 1.807) is 12.1 Å². The van der Waals surface area contributed by atoms with E-state index in [2.05, 4.69) is 15.9 Å². The lowest BCUT2D eigenvalue weighted by Crippen LogP contribution is -2.11. The second-order valence-electron chi connectivity index (χ2n) is 2.65. The van der Waals surface area contributed by atoms with E-state index >= 15 is 0 Å². The summed E-state index contributed by atoms with van der Waals surface area (Å²) in [7, 11) is 0. The Balaban J connectivity index is 3.12. The van der Waals surface area contributed by atoms with Crippen molar-refractivity contribution >= 4 is 15.9 Å². The first-order valence-electron chi connectivity index (χ1n) is 3.86. The van der Waals surface area contributed by atoms with Gasteiger partial charge in [-0.3, -0.25) is 0 Å². The fourth-order valence-electron chi connectivity index (χ4n) is 1.07. The molecule has 0 heterocycles. The highest BCUT2D eigenvalue weighted by Crippen LogP contribution is 2.26. The molecule has 0 spiro atoms. The van der Waals surface area contributed by atoms with Gasteiger partial charge < -0.3 is 5.73 Å². The van der Waals surface area contributed by atoms with E-state index in [1.807, 2.05) is 6.92 Å². The first-order valence-corrected chi connectivity index (χ1v) is 4.65. The molecular weight excluding hydrogens is 221 g/mol. The monoisotopic (exact) mass is 231 g/mol. The van der Waals surface area contributed by atoms with Gasteiger partial charge in [0.05, 0.1) is 0 Å². The van der Waals surface area contributed by atoms with Gasteiger partial charge in [0.1, 0.15) is 5.82 Å². The Kier molecular flexibility index (Phi) is 3.23. The zero-order valence-electron chi connectivity index (χ0n) is 6.85.